The van der Waals surface area contributed by atoms with Gasteiger partial charge < -0.3 is 10.1 Å². The van der Waals surface area contributed by atoms with E-state index < -0.39 is 0 Å². The topological polar surface area (TPSA) is 39.1 Å². The quantitative estimate of drug-likeness (QED) is 0.792. The minimum Gasteiger partial charge on any atom is -0.384 e. The van der Waals surface area contributed by atoms with Crippen LogP contribution in [0, 0.1) is 5.92 Å². The molecule has 0 bridgehead atoms. The Morgan fingerprint density at radius 1 is 1.56 bits per heavy atom. The van der Waals surface area contributed by atoms with E-state index in [1.54, 1.807) is 13.3 Å². The molecule has 0 aliphatic carbocycles. The van der Waals surface area contributed by atoms with E-state index in [0.29, 0.717) is 5.92 Å². The zero-order chi connectivity index (χ0) is 13.5. The van der Waals surface area contributed by atoms with Crippen molar-refractivity contribution in [3.05, 3.63) is 16.9 Å². The predicted octanol–water partition coefficient (Wildman–Crippen LogP) is 2.88. The van der Waals surface area contributed by atoms with Gasteiger partial charge in [-0.2, -0.15) is 5.10 Å². The molecule has 0 aromatic carbocycles. The molecule has 0 radical (unpaired) electrons. The molecule has 0 spiro atoms. The summed E-state index contributed by atoms with van der Waals surface area (Å²) >= 11 is 6.26. The van der Waals surface area contributed by atoms with Gasteiger partial charge in [-0.25, -0.2) is 0 Å². The van der Waals surface area contributed by atoms with E-state index in [4.69, 9.17) is 16.3 Å². The first-order valence-corrected chi connectivity index (χ1v) is 6.89. The van der Waals surface area contributed by atoms with Crippen LogP contribution in [0.4, 0.5) is 0 Å². The number of rotatable bonds is 8. The number of nitrogens with zero attached hydrogens (tertiary/aromatic N) is 2. The van der Waals surface area contributed by atoms with Gasteiger partial charge in [0.25, 0.3) is 0 Å². The summed E-state index contributed by atoms with van der Waals surface area (Å²) < 4.78 is 7.19. The highest BCUT2D eigenvalue weighted by atomic mass is 35.5. The lowest BCUT2D eigenvalue weighted by atomic mass is 10.00. The smallest absolute Gasteiger partial charge is 0.0834 e. The third-order valence-corrected chi connectivity index (χ3v) is 3.33. The van der Waals surface area contributed by atoms with E-state index in [-0.39, 0.29) is 6.04 Å². The number of ether oxygens (including phenoxy) is 1. The summed E-state index contributed by atoms with van der Waals surface area (Å²) in [4.78, 5) is 0. The van der Waals surface area contributed by atoms with Gasteiger partial charge in [-0.3, -0.25) is 4.68 Å². The molecule has 0 saturated carbocycles. The van der Waals surface area contributed by atoms with Gasteiger partial charge in [0.2, 0.25) is 0 Å². The molecule has 1 heterocycles. The number of hydrogen-bond acceptors (Lipinski definition) is 3. The van der Waals surface area contributed by atoms with E-state index in [1.807, 2.05) is 11.7 Å². The maximum Gasteiger partial charge on any atom is 0.0834 e. The van der Waals surface area contributed by atoms with Crippen molar-refractivity contribution in [3.8, 4) is 0 Å². The molecule has 2 atom stereocenters. The number of methoxy groups -OCH3 is 1. The minimum absolute atomic E-state index is 0.219. The standard InChI is InChI=1S/C13H24ClN3O/c1-5-6-17-13(11(14)8-16-17)12(15-3)7-10(2)9-18-4/h8,10,12,15H,5-7,9H2,1-4H3. The molecular formula is C13H24ClN3O. The van der Waals surface area contributed by atoms with Crippen LogP contribution in [0.5, 0.6) is 0 Å². The molecule has 0 amide bonds. The van der Waals surface area contributed by atoms with Crippen molar-refractivity contribution >= 4 is 11.6 Å². The summed E-state index contributed by atoms with van der Waals surface area (Å²) in [7, 11) is 3.70. The molecule has 1 rings (SSSR count). The Morgan fingerprint density at radius 2 is 2.28 bits per heavy atom. The van der Waals surface area contributed by atoms with Gasteiger partial charge in [-0.05, 0) is 25.8 Å². The van der Waals surface area contributed by atoms with E-state index >= 15 is 0 Å². The SMILES string of the molecule is CCCn1ncc(Cl)c1C(CC(C)COC)NC. The van der Waals surface area contributed by atoms with Crippen LogP contribution in [0.2, 0.25) is 5.02 Å². The first kappa shape index (κ1) is 15.5. The van der Waals surface area contributed by atoms with Crippen molar-refractivity contribution in [1.29, 1.82) is 0 Å². The molecule has 1 aromatic heterocycles. The zero-order valence-electron chi connectivity index (χ0n) is 11.7. The van der Waals surface area contributed by atoms with Crippen LogP contribution in [0.25, 0.3) is 0 Å². The first-order valence-electron chi connectivity index (χ1n) is 6.51. The lowest BCUT2D eigenvalue weighted by molar-refractivity contribution is 0.149. The van der Waals surface area contributed by atoms with Gasteiger partial charge in [0.1, 0.15) is 0 Å². The van der Waals surface area contributed by atoms with E-state index in [9.17, 15) is 0 Å². The summed E-state index contributed by atoms with van der Waals surface area (Å²) in [5.41, 5.74) is 1.09. The summed E-state index contributed by atoms with van der Waals surface area (Å²) in [6, 6.07) is 0.219. The Morgan fingerprint density at radius 3 is 2.83 bits per heavy atom. The summed E-state index contributed by atoms with van der Waals surface area (Å²) in [5, 5.41) is 8.42. The average Bonchev–Trinajstić information content (AvgIpc) is 2.69. The molecular weight excluding hydrogens is 250 g/mol. The zero-order valence-corrected chi connectivity index (χ0v) is 12.5. The van der Waals surface area contributed by atoms with Gasteiger partial charge in [0, 0.05) is 20.3 Å². The molecule has 0 saturated heterocycles. The molecule has 18 heavy (non-hydrogen) atoms. The van der Waals surface area contributed by atoms with Crippen molar-refractivity contribution < 1.29 is 4.74 Å². The second-order valence-corrected chi connectivity index (χ2v) is 5.15. The second-order valence-electron chi connectivity index (χ2n) is 4.74. The van der Waals surface area contributed by atoms with Crippen LogP contribution in [0.1, 0.15) is 38.4 Å². The van der Waals surface area contributed by atoms with Crippen LogP contribution >= 0.6 is 11.6 Å². The fourth-order valence-corrected chi connectivity index (χ4v) is 2.50. The Kier molecular flexibility index (Phi) is 6.68. The number of halogens is 1. The summed E-state index contributed by atoms with van der Waals surface area (Å²) in [5.74, 6) is 0.480. The highest BCUT2D eigenvalue weighted by Crippen LogP contribution is 2.27. The number of hydrogen-bond donors (Lipinski definition) is 1. The van der Waals surface area contributed by atoms with Gasteiger partial charge in [0.15, 0.2) is 0 Å². The second kappa shape index (κ2) is 7.77. The normalized spacial score (nSPS) is 14.7. The number of nitrogens with one attached hydrogen (secondary N) is 1. The van der Waals surface area contributed by atoms with Crippen molar-refractivity contribution in [3.63, 3.8) is 0 Å². The molecule has 0 aliphatic heterocycles. The van der Waals surface area contributed by atoms with E-state index in [1.165, 1.54) is 0 Å². The third-order valence-electron chi connectivity index (χ3n) is 3.04. The van der Waals surface area contributed by atoms with Gasteiger partial charge in [-0.1, -0.05) is 25.4 Å². The maximum absolute atomic E-state index is 6.26. The van der Waals surface area contributed by atoms with Gasteiger partial charge in [-0.15, -0.1) is 0 Å². The summed E-state index contributed by atoms with van der Waals surface area (Å²) in [6.45, 7) is 5.99. The van der Waals surface area contributed by atoms with Crippen molar-refractivity contribution in [1.82, 2.24) is 15.1 Å². The van der Waals surface area contributed by atoms with Crippen LogP contribution in [-0.4, -0.2) is 30.5 Å². The molecule has 2 unspecified atom stereocenters. The Hall–Kier alpha value is -0.580. The Balaban J connectivity index is 2.83. The lowest BCUT2D eigenvalue weighted by Crippen LogP contribution is -2.24. The fourth-order valence-electron chi connectivity index (χ4n) is 2.23. The van der Waals surface area contributed by atoms with Crippen molar-refractivity contribution in [2.75, 3.05) is 20.8 Å². The molecule has 104 valence electrons. The average molecular weight is 274 g/mol. The molecule has 5 heteroatoms. The van der Waals surface area contributed by atoms with E-state index in [0.717, 1.165) is 36.7 Å². The van der Waals surface area contributed by atoms with Crippen LogP contribution in [-0.2, 0) is 11.3 Å². The largest absolute Gasteiger partial charge is 0.384 e. The van der Waals surface area contributed by atoms with Gasteiger partial charge >= 0.3 is 0 Å². The number of aromatic nitrogens is 2. The molecule has 0 fully saturated rings. The van der Waals surface area contributed by atoms with Crippen LogP contribution in [0.15, 0.2) is 6.20 Å². The number of aryl methyl sites for hydroxylation is 1. The third kappa shape index (κ3) is 3.97. The highest BCUT2D eigenvalue weighted by Gasteiger charge is 2.20. The Bertz CT molecular complexity index is 354. The monoisotopic (exact) mass is 273 g/mol. The molecule has 4 nitrogen and oxygen atoms in total. The van der Waals surface area contributed by atoms with Gasteiger partial charge in [0.05, 0.1) is 23.0 Å². The minimum atomic E-state index is 0.219. The molecule has 0 aliphatic rings. The lowest BCUT2D eigenvalue weighted by Gasteiger charge is -2.21. The first-order chi connectivity index (χ1) is 8.63. The molecule has 1 aromatic rings. The van der Waals surface area contributed by atoms with Crippen LogP contribution < -0.4 is 5.32 Å². The fraction of sp³-hybridized carbons (Fsp3) is 0.769. The predicted molar refractivity (Wildman–Crippen MR) is 75.0 cm³/mol. The Labute approximate surface area is 115 Å². The van der Waals surface area contributed by atoms with Crippen molar-refractivity contribution in [2.24, 2.45) is 5.92 Å². The van der Waals surface area contributed by atoms with Crippen LogP contribution in [0.3, 0.4) is 0 Å². The highest BCUT2D eigenvalue weighted by molar-refractivity contribution is 6.31. The van der Waals surface area contributed by atoms with Crippen molar-refractivity contribution in [2.45, 2.75) is 39.3 Å². The maximum atomic E-state index is 6.26. The summed E-state index contributed by atoms with van der Waals surface area (Å²) in [6.07, 6.45) is 3.77. The molecule has 1 N–H and O–H groups in total. The van der Waals surface area contributed by atoms with E-state index in [2.05, 4.69) is 24.3 Å².